The standard InChI is InChI=1S/C26H22F3N3O/c27-26(28,29)18-7-5-6-17(16-18)25-24-21(20-9-1-2-10-22(20)31-24)13-15-32(25)23(33)12-11-19-8-3-4-14-30-19/h1-10,14,16,25,31H,11-13,15H2/t25-/m1/s1. The lowest BCUT2D eigenvalue weighted by Gasteiger charge is -2.36. The SMILES string of the molecule is O=C(CCc1ccccn1)N1CCc2c([nH]c3ccccc23)[C@H]1c1cccc(C(F)(F)F)c1. The van der Waals surface area contributed by atoms with Crippen molar-refractivity contribution in [2.24, 2.45) is 0 Å². The van der Waals surface area contributed by atoms with Crippen LogP contribution < -0.4 is 0 Å². The molecule has 0 unspecified atom stereocenters. The van der Waals surface area contributed by atoms with Gasteiger partial charge < -0.3 is 9.88 Å². The van der Waals surface area contributed by atoms with Crippen LogP contribution in [0.4, 0.5) is 13.2 Å². The topological polar surface area (TPSA) is 49.0 Å². The summed E-state index contributed by atoms with van der Waals surface area (Å²) in [6, 6.07) is 18.0. The lowest BCUT2D eigenvalue weighted by molar-refractivity contribution is -0.137. The Labute approximate surface area is 189 Å². The molecule has 4 nitrogen and oxygen atoms in total. The first kappa shape index (κ1) is 21.2. The Morgan fingerprint density at radius 3 is 2.67 bits per heavy atom. The first-order valence-electron chi connectivity index (χ1n) is 10.9. The first-order chi connectivity index (χ1) is 15.9. The molecule has 0 spiro atoms. The number of H-pyrrole nitrogens is 1. The fourth-order valence-electron chi connectivity index (χ4n) is 4.67. The number of rotatable bonds is 4. The van der Waals surface area contributed by atoms with Gasteiger partial charge in [0, 0.05) is 41.5 Å². The van der Waals surface area contributed by atoms with Gasteiger partial charge in [-0.3, -0.25) is 9.78 Å². The second kappa shape index (κ2) is 8.39. The van der Waals surface area contributed by atoms with Crippen LogP contribution in [-0.4, -0.2) is 27.3 Å². The highest BCUT2D eigenvalue weighted by atomic mass is 19.4. The number of carbonyl (C=O) groups is 1. The van der Waals surface area contributed by atoms with Crippen molar-refractivity contribution >= 4 is 16.8 Å². The molecule has 168 valence electrons. The van der Waals surface area contributed by atoms with Crippen LogP contribution in [0.25, 0.3) is 10.9 Å². The molecule has 0 fully saturated rings. The van der Waals surface area contributed by atoms with E-state index in [1.54, 1.807) is 17.2 Å². The number of aromatic nitrogens is 2. The quantitative estimate of drug-likeness (QED) is 0.435. The van der Waals surface area contributed by atoms with Gasteiger partial charge in [0.2, 0.25) is 5.91 Å². The number of para-hydroxylation sites is 1. The summed E-state index contributed by atoms with van der Waals surface area (Å²) in [5, 5.41) is 1.05. The molecular formula is C26H22F3N3O. The van der Waals surface area contributed by atoms with Crippen LogP contribution in [0.15, 0.2) is 72.9 Å². The largest absolute Gasteiger partial charge is 0.416 e. The van der Waals surface area contributed by atoms with Crippen molar-refractivity contribution in [2.75, 3.05) is 6.54 Å². The predicted molar refractivity (Wildman–Crippen MR) is 120 cm³/mol. The van der Waals surface area contributed by atoms with E-state index in [1.807, 2.05) is 42.5 Å². The molecule has 4 aromatic rings. The molecule has 0 saturated carbocycles. The zero-order valence-electron chi connectivity index (χ0n) is 17.8. The van der Waals surface area contributed by atoms with Crippen molar-refractivity contribution in [3.8, 4) is 0 Å². The van der Waals surface area contributed by atoms with Crippen LogP contribution in [-0.2, 0) is 23.8 Å². The number of amides is 1. The van der Waals surface area contributed by atoms with E-state index >= 15 is 0 Å². The number of fused-ring (bicyclic) bond motifs is 3. The third kappa shape index (κ3) is 4.11. The molecule has 7 heteroatoms. The van der Waals surface area contributed by atoms with Gasteiger partial charge in [0.25, 0.3) is 0 Å². The van der Waals surface area contributed by atoms with Crippen molar-refractivity contribution in [1.29, 1.82) is 0 Å². The monoisotopic (exact) mass is 449 g/mol. The van der Waals surface area contributed by atoms with E-state index in [0.717, 1.165) is 40.0 Å². The van der Waals surface area contributed by atoms with Crippen LogP contribution in [0.1, 0.15) is 40.5 Å². The third-order valence-corrected chi connectivity index (χ3v) is 6.21. The Hall–Kier alpha value is -3.61. The van der Waals surface area contributed by atoms with Gasteiger partial charge in [0.15, 0.2) is 0 Å². The molecule has 2 aromatic carbocycles. The van der Waals surface area contributed by atoms with Crippen LogP contribution in [0.3, 0.4) is 0 Å². The normalized spacial score (nSPS) is 16.1. The maximum atomic E-state index is 13.5. The fraction of sp³-hybridized carbons (Fsp3) is 0.231. The lowest BCUT2D eigenvalue weighted by Crippen LogP contribution is -2.40. The average Bonchev–Trinajstić information content (AvgIpc) is 3.21. The Morgan fingerprint density at radius 1 is 1.06 bits per heavy atom. The van der Waals surface area contributed by atoms with E-state index in [0.29, 0.717) is 24.9 Å². The predicted octanol–water partition coefficient (Wildman–Crippen LogP) is 5.69. The van der Waals surface area contributed by atoms with E-state index in [-0.39, 0.29) is 12.3 Å². The van der Waals surface area contributed by atoms with E-state index in [9.17, 15) is 18.0 Å². The van der Waals surface area contributed by atoms with Crippen LogP contribution in [0, 0.1) is 0 Å². The van der Waals surface area contributed by atoms with Gasteiger partial charge in [-0.1, -0.05) is 36.4 Å². The number of hydrogen-bond acceptors (Lipinski definition) is 2. The highest BCUT2D eigenvalue weighted by Gasteiger charge is 2.36. The smallest absolute Gasteiger partial charge is 0.356 e. The molecule has 33 heavy (non-hydrogen) atoms. The van der Waals surface area contributed by atoms with Gasteiger partial charge in [-0.05, 0) is 54.3 Å². The number of nitrogens with one attached hydrogen (secondary N) is 1. The highest BCUT2D eigenvalue weighted by molar-refractivity contribution is 5.86. The number of alkyl halides is 3. The van der Waals surface area contributed by atoms with Gasteiger partial charge in [-0.2, -0.15) is 13.2 Å². The molecule has 1 N–H and O–H groups in total. The zero-order chi connectivity index (χ0) is 23.0. The van der Waals surface area contributed by atoms with Gasteiger partial charge in [-0.25, -0.2) is 0 Å². The van der Waals surface area contributed by atoms with Crippen molar-refractivity contribution in [3.63, 3.8) is 0 Å². The summed E-state index contributed by atoms with van der Waals surface area (Å²) in [5.41, 5.74) is 3.30. The van der Waals surface area contributed by atoms with Crippen molar-refractivity contribution in [2.45, 2.75) is 31.5 Å². The van der Waals surface area contributed by atoms with Crippen molar-refractivity contribution in [1.82, 2.24) is 14.9 Å². The minimum Gasteiger partial charge on any atom is -0.356 e. The number of nitrogens with zero attached hydrogens (tertiary/aromatic N) is 2. The highest BCUT2D eigenvalue weighted by Crippen LogP contribution is 2.40. The van der Waals surface area contributed by atoms with Crippen LogP contribution >= 0.6 is 0 Å². The Balaban J connectivity index is 1.55. The number of carbonyl (C=O) groups excluding carboxylic acids is 1. The summed E-state index contributed by atoms with van der Waals surface area (Å²) in [7, 11) is 0. The second-order valence-corrected chi connectivity index (χ2v) is 8.25. The summed E-state index contributed by atoms with van der Waals surface area (Å²) in [4.78, 5) is 22.7. The molecule has 1 amide bonds. The maximum absolute atomic E-state index is 13.5. The van der Waals surface area contributed by atoms with Crippen molar-refractivity contribution < 1.29 is 18.0 Å². The number of aryl methyl sites for hydroxylation is 1. The summed E-state index contributed by atoms with van der Waals surface area (Å²) >= 11 is 0. The van der Waals surface area contributed by atoms with Gasteiger partial charge in [0.05, 0.1) is 11.6 Å². The Bertz CT molecular complexity index is 1300. The summed E-state index contributed by atoms with van der Waals surface area (Å²) in [6.45, 7) is 0.441. The number of aromatic amines is 1. The first-order valence-corrected chi connectivity index (χ1v) is 10.9. The maximum Gasteiger partial charge on any atom is 0.416 e. The van der Waals surface area contributed by atoms with E-state index in [4.69, 9.17) is 0 Å². The third-order valence-electron chi connectivity index (χ3n) is 6.21. The molecule has 1 aliphatic heterocycles. The number of hydrogen-bond donors (Lipinski definition) is 1. The number of benzene rings is 2. The molecule has 2 aromatic heterocycles. The second-order valence-electron chi connectivity index (χ2n) is 8.25. The molecule has 0 radical (unpaired) electrons. The van der Waals surface area contributed by atoms with Crippen molar-refractivity contribution in [3.05, 3.63) is 101 Å². The summed E-state index contributed by atoms with van der Waals surface area (Å²) < 4.78 is 40.4. The average molecular weight is 449 g/mol. The minimum atomic E-state index is -4.46. The molecule has 0 aliphatic carbocycles. The van der Waals surface area contributed by atoms with E-state index < -0.39 is 17.8 Å². The Morgan fingerprint density at radius 2 is 1.88 bits per heavy atom. The molecule has 1 atom stereocenters. The molecule has 0 saturated heterocycles. The number of halogens is 3. The van der Waals surface area contributed by atoms with Gasteiger partial charge in [0.1, 0.15) is 0 Å². The molecule has 3 heterocycles. The number of pyridine rings is 1. The molecule has 0 bridgehead atoms. The van der Waals surface area contributed by atoms with Gasteiger partial charge >= 0.3 is 6.18 Å². The molecule has 1 aliphatic rings. The fourth-order valence-corrected chi connectivity index (χ4v) is 4.67. The molecule has 5 rings (SSSR count). The summed E-state index contributed by atoms with van der Waals surface area (Å²) in [6.07, 6.45) is -1.41. The minimum absolute atomic E-state index is 0.104. The van der Waals surface area contributed by atoms with Gasteiger partial charge in [-0.15, -0.1) is 0 Å². The molecular weight excluding hydrogens is 427 g/mol. The lowest BCUT2D eigenvalue weighted by atomic mass is 9.91. The summed E-state index contributed by atoms with van der Waals surface area (Å²) in [5.74, 6) is -0.104. The van der Waals surface area contributed by atoms with E-state index in [1.165, 1.54) is 6.07 Å². The van der Waals surface area contributed by atoms with Crippen LogP contribution in [0.2, 0.25) is 0 Å². The Kier molecular flexibility index (Phi) is 5.40. The zero-order valence-corrected chi connectivity index (χ0v) is 17.8. The van der Waals surface area contributed by atoms with E-state index in [2.05, 4.69) is 9.97 Å². The van der Waals surface area contributed by atoms with Crippen LogP contribution in [0.5, 0.6) is 0 Å².